The standard InChI is InChI=1S/C35H42N4OS3/c1-27-33(35(41)43-42-27)22-30-20-31(25-38-16-12-36(13-17-38)23-28-8-4-2-5-9-28)34(40)32(21-30)26-39-18-14-37(15-19-39)24-29-10-6-3-7-11-29/h2-11,20-21,40H,12-19,22-26H2,1H3. The van der Waals surface area contributed by atoms with E-state index in [2.05, 4.69) is 99.3 Å². The van der Waals surface area contributed by atoms with Gasteiger partial charge in [0.15, 0.2) is 0 Å². The molecule has 0 aliphatic carbocycles. The number of piperazine rings is 2. The number of rotatable bonds is 10. The normalized spacial score (nSPS) is 17.4. The van der Waals surface area contributed by atoms with Gasteiger partial charge in [-0.15, -0.1) is 0 Å². The molecule has 4 aromatic rings. The summed E-state index contributed by atoms with van der Waals surface area (Å²) in [6.45, 7) is 14.0. The van der Waals surface area contributed by atoms with E-state index in [0.717, 1.165) is 99.9 Å². The van der Waals surface area contributed by atoms with Gasteiger partial charge in [-0.05, 0) is 29.2 Å². The Bertz CT molecular complexity index is 1440. The second-order valence-electron chi connectivity index (χ2n) is 12.0. The van der Waals surface area contributed by atoms with Gasteiger partial charge in [-0.1, -0.05) is 106 Å². The largest absolute Gasteiger partial charge is 0.507 e. The molecular formula is C35H42N4OS3. The summed E-state index contributed by atoms with van der Waals surface area (Å²) >= 11 is 5.69. The molecule has 2 fully saturated rings. The molecule has 0 atom stereocenters. The Morgan fingerprint density at radius 1 is 0.605 bits per heavy atom. The minimum atomic E-state index is 0.477. The molecule has 2 saturated heterocycles. The lowest BCUT2D eigenvalue weighted by Gasteiger charge is -2.36. The molecule has 0 unspecified atom stereocenters. The van der Waals surface area contributed by atoms with Gasteiger partial charge in [0, 0.05) is 101 Å². The number of hydrogen-bond acceptors (Lipinski definition) is 8. The molecule has 0 amide bonds. The maximum absolute atomic E-state index is 11.6. The molecule has 1 N–H and O–H groups in total. The fraction of sp³-hybridized carbons (Fsp3) is 0.400. The van der Waals surface area contributed by atoms with Crippen LogP contribution in [0.1, 0.15) is 38.3 Å². The lowest BCUT2D eigenvalue weighted by molar-refractivity contribution is 0.119. The van der Waals surface area contributed by atoms with Gasteiger partial charge in [0.2, 0.25) is 0 Å². The Balaban J connectivity index is 1.13. The van der Waals surface area contributed by atoms with Crippen LogP contribution in [0, 0.1) is 10.7 Å². The van der Waals surface area contributed by atoms with Crippen molar-refractivity contribution in [1.82, 2.24) is 19.6 Å². The number of hydrogen-bond donors (Lipinski definition) is 1. The summed E-state index contributed by atoms with van der Waals surface area (Å²) < 4.78 is 1.00. The smallest absolute Gasteiger partial charge is 0.124 e. The van der Waals surface area contributed by atoms with E-state index in [4.69, 9.17) is 12.2 Å². The van der Waals surface area contributed by atoms with Crippen molar-refractivity contribution in [3.05, 3.63) is 115 Å². The predicted octanol–water partition coefficient (Wildman–Crippen LogP) is 6.78. The Morgan fingerprint density at radius 2 is 1.02 bits per heavy atom. The Kier molecular flexibility index (Phi) is 10.4. The number of benzene rings is 3. The molecule has 0 saturated carbocycles. The number of aryl methyl sites for hydroxylation is 1. The van der Waals surface area contributed by atoms with Crippen LogP contribution in [-0.4, -0.2) is 77.1 Å². The summed E-state index contributed by atoms with van der Waals surface area (Å²) in [6.07, 6.45) is 0.834. The molecule has 43 heavy (non-hydrogen) atoms. The van der Waals surface area contributed by atoms with Crippen molar-refractivity contribution in [3.63, 3.8) is 0 Å². The zero-order valence-electron chi connectivity index (χ0n) is 25.1. The number of phenols is 1. The molecule has 3 aromatic carbocycles. The third-order valence-electron chi connectivity index (χ3n) is 8.84. The summed E-state index contributed by atoms with van der Waals surface area (Å²) in [4.78, 5) is 11.4. The van der Waals surface area contributed by atoms with Gasteiger partial charge >= 0.3 is 0 Å². The average molecular weight is 631 g/mol. The first kappa shape index (κ1) is 30.6. The van der Waals surface area contributed by atoms with E-state index >= 15 is 0 Å². The molecule has 3 heterocycles. The molecule has 0 bridgehead atoms. The van der Waals surface area contributed by atoms with Gasteiger partial charge in [-0.2, -0.15) is 0 Å². The van der Waals surface area contributed by atoms with Gasteiger partial charge in [-0.3, -0.25) is 19.6 Å². The third-order valence-corrected chi connectivity index (χ3v) is 12.1. The molecular weight excluding hydrogens is 589 g/mol. The van der Waals surface area contributed by atoms with Gasteiger partial charge in [0.25, 0.3) is 0 Å². The molecule has 0 spiro atoms. The highest BCUT2D eigenvalue weighted by Crippen LogP contribution is 2.32. The quantitative estimate of drug-likeness (QED) is 0.154. The van der Waals surface area contributed by atoms with Crippen molar-refractivity contribution in [3.8, 4) is 5.75 Å². The molecule has 1 aromatic heterocycles. The number of phenolic OH excluding ortho intramolecular Hbond substituents is 1. The first-order valence-electron chi connectivity index (χ1n) is 15.4. The van der Waals surface area contributed by atoms with Crippen LogP contribution in [0.5, 0.6) is 5.75 Å². The summed E-state index contributed by atoms with van der Waals surface area (Å²) in [5, 5.41) is 11.6. The van der Waals surface area contributed by atoms with Crippen molar-refractivity contribution in [2.24, 2.45) is 0 Å². The second kappa shape index (κ2) is 14.6. The molecule has 0 radical (unpaired) electrons. The van der Waals surface area contributed by atoms with Gasteiger partial charge in [-0.25, -0.2) is 0 Å². The molecule has 2 aliphatic heterocycles. The Labute approximate surface area is 269 Å². The van der Waals surface area contributed by atoms with Gasteiger partial charge in [0.1, 0.15) is 9.57 Å². The summed E-state index contributed by atoms with van der Waals surface area (Å²) in [5.41, 5.74) is 7.38. The SMILES string of the molecule is Cc1ssc(=S)c1Cc1cc(CN2CCN(Cc3ccccc3)CC2)c(O)c(CN2CCN(Cc3ccccc3)CC2)c1. The fourth-order valence-electron chi connectivity index (χ4n) is 6.30. The highest BCUT2D eigenvalue weighted by atomic mass is 32.9. The first-order chi connectivity index (χ1) is 21.0. The first-order valence-corrected chi connectivity index (χ1v) is 18.0. The lowest BCUT2D eigenvalue weighted by Crippen LogP contribution is -2.45. The van der Waals surface area contributed by atoms with E-state index in [-0.39, 0.29) is 0 Å². The highest BCUT2D eigenvalue weighted by Gasteiger charge is 2.22. The number of nitrogens with zero attached hydrogens (tertiary/aromatic N) is 4. The van der Waals surface area contributed by atoms with Crippen LogP contribution < -0.4 is 0 Å². The maximum Gasteiger partial charge on any atom is 0.124 e. The Hall–Kier alpha value is -2.43. The van der Waals surface area contributed by atoms with Crippen LogP contribution in [0.15, 0.2) is 72.8 Å². The van der Waals surface area contributed by atoms with Crippen LogP contribution in [0.2, 0.25) is 0 Å². The maximum atomic E-state index is 11.6. The molecule has 6 rings (SSSR count). The number of aromatic hydroxyl groups is 1. The van der Waals surface area contributed by atoms with Gasteiger partial charge in [0.05, 0.1) is 0 Å². The van der Waals surface area contributed by atoms with Crippen molar-refractivity contribution < 1.29 is 5.11 Å². The van der Waals surface area contributed by atoms with Crippen molar-refractivity contribution >= 4 is 32.9 Å². The molecule has 5 nitrogen and oxygen atoms in total. The average Bonchev–Trinajstić information content (AvgIpc) is 3.34. The van der Waals surface area contributed by atoms with Crippen molar-refractivity contribution in [2.45, 2.75) is 39.5 Å². The molecule has 226 valence electrons. The van der Waals surface area contributed by atoms with Crippen LogP contribution in [0.3, 0.4) is 0 Å². The third kappa shape index (κ3) is 8.19. The van der Waals surface area contributed by atoms with Crippen LogP contribution in [-0.2, 0) is 32.6 Å². The van der Waals surface area contributed by atoms with Crippen molar-refractivity contribution in [2.75, 3.05) is 52.4 Å². The fourth-order valence-corrected chi connectivity index (χ4v) is 8.96. The Morgan fingerprint density at radius 3 is 1.42 bits per heavy atom. The topological polar surface area (TPSA) is 33.2 Å². The van der Waals surface area contributed by atoms with Crippen LogP contribution in [0.25, 0.3) is 0 Å². The molecule has 2 aliphatic rings. The van der Waals surface area contributed by atoms with E-state index in [9.17, 15) is 5.11 Å². The van der Waals surface area contributed by atoms with Gasteiger partial charge < -0.3 is 5.11 Å². The zero-order valence-corrected chi connectivity index (χ0v) is 27.5. The molecule has 8 heteroatoms. The minimum absolute atomic E-state index is 0.477. The van der Waals surface area contributed by atoms with Crippen LogP contribution >= 0.6 is 32.9 Å². The minimum Gasteiger partial charge on any atom is -0.507 e. The van der Waals surface area contributed by atoms with E-state index in [1.165, 1.54) is 27.1 Å². The van der Waals surface area contributed by atoms with E-state index in [1.807, 2.05) is 0 Å². The van der Waals surface area contributed by atoms with Crippen LogP contribution in [0.4, 0.5) is 0 Å². The van der Waals surface area contributed by atoms with E-state index in [1.54, 1.807) is 20.7 Å². The zero-order chi connectivity index (χ0) is 29.6. The van der Waals surface area contributed by atoms with E-state index < -0.39 is 0 Å². The second-order valence-corrected chi connectivity index (χ2v) is 15.0. The summed E-state index contributed by atoms with van der Waals surface area (Å²) in [6, 6.07) is 26.0. The lowest BCUT2D eigenvalue weighted by atomic mass is 9.98. The predicted molar refractivity (Wildman–Crippen MR) is 183 cm³/mol. The highest BCUT2D eigenvalue weighted by molar-refractivity contribution is 7.79. The summed E-state index contributed by atoms with van der Waals surface area (Å²) in [7, 11) is 3.48. The summed E-state index contributed by atoms with van der Waals surface area (Å²) in [5.74, 6) is 0.477. The monoisotopic (exact) mass is 630 g/mol. The van der Waals surface area contributed by atoms with E-state index in [0.29, 0.717) is 5.75 Å². The van der Waals surface area contributed by atoms with Crippen molar-refractivity contribution in [1.29, 1.82) is 0 Å².